The zero-order valence-corrected chi connectivity index (χ0v) is 13.0. The highest BCUT2D eigenvalue weighted by atomic mass is 35.7. The lowest BCUT2D eigenvalue weighted by molar-refractivity contribution is -0.127. The fourth-order valence-electron chi connectivity index (χ4n) is 1.24. The third-order valence-electron chi connectivity index (χ3n) is 2.37. The van der Waals surface area contributed by atoms with E-state index >= 15 is 0 Å². The normalized spacial score (nSPS) is 11.0. The molecule has 1 N–H and O–H groups in total. The molecule has 110 valence electrons. The van der Waals surface area contributed by atoms with Gasteiger partial charge in [-0.3, -0.25) is 9.59 Å². The average molecular weight is 339 g/mol. The van der Waals surface area contributed by atoms with Crippen molar-refractivity contribution in [1.29, 1.82) is 0 Å². The van der Waals surface area contributed by atoms with Crippen LogP contribution in [0, 0.1) is 0 Å². The van der Waals surface area contributed by atoms with Gasteiger partial charge in [0.05, 0.1) is 22.0 Å². The average Bonchev–Trinajstić information content (AvgIpc) is 2.34. The van der Waals surface area contributed by atoms with Crippen LogP contribution in [0.3, 0.4) is 0 Å². The molecule has 0 unspecified atom stereocenters. The molecule has 0 spiro atoms. The molecular weight excluding hydrogens is 327 g/mol. The van der Waals surface area contributed by atoms with E-state index in [1.54, 1.807) is 14.1 Å². The van der Waals surface area contributed by atoms with E-state index in [9.17, 15) is 18.0 Å². The number of hydrogen-bond donors (Lipinski definition) is 1. The number of likely N-dealkylation sites (N-methyl/N-ethyl adjacent to an activating group) is 1. The molecule has 0 bridgehead atoms. The van der Waals surface area contributed by atoms with Crippen molar-refractivity contribution < 1.29 is 18.0 Å². The highest BCUT2D eigenvalue weighted by molar-refractivity contribution is 8.13. The predicted octanol–water partition coefficient (Wildman–Crippen LogP) is 1.09. The number of nitrogens with zero attached hydrogens (tertiary/aromatic N) is 1. The van der Waals surface area contributed by atoms with Crippen LogP contribution >= 0.6 is 22.3 Å². The first-order valence-electron chi connectivity index (χ1n) is 5.35. The Hall–Kier alpha value is -1.31. The second-order valence-corrected chi connectivity index (χ2v) is 7.02. The van der Waals surface area contributed by atoms with E-state index in [0.717, 1.165) is 12.1 Å². The Morgan fingerprint density at radius 1 is 1.30 bits per heavy atom. The third kappa shape index (κ3) is 4.36. The summed E-state index contributed by atoms with van der Waals surface area (Å²) in [7, 11) is 4.37. The van der Waals surface area contributed by atoms with Gasteiger partial charge in [0.15, 0.2) is 0 Å². The summed E-state index contributed by atoms with van der Waals surface area (Å²) in [5.74, 6) is -0.863. The van der Waals surface area contributed by atoms with E-state index in [0.29, 0.717) is 0 Å². The Labute approximate surface area is 126 Å². The summed E-state index contributed by atoms with van der Waals surface area (Å²) >= 11 is 5.83. The first-order valence-corrected chi connectivity index (χ1v) is 8.04. The standard InChI is InChI=1S/C11H12Cl2N2O4S/c1-15(2)10(16)6-14-11(17)8-4-3-7(5-9(8)12)20(13,18)19/h3-5H,6H2,1-2H3,(H,14,17). The molecule has 1 aromatic carbocycles. The minimum absolute atomic E-state index is 0.0577. The third-order valence-corrected chi connectivity index (χ3v) is 4.03. The SMILES string of the molecule is CN(C)C(=O)CNC(=O)c1ccc(S(=O)(=O)Cl)cc1Cl. The molecule has 9 heteroatoms. The number of benzene rings is 1. The Morgan fingerprint density at radius 2 is 1.90 bits per heavy atom. The molecular formula is C11H12Cl2N2O4S. The predicted molar refractivity (Wildman–Crippen MR) is 75.5 cm³/mol. The van der Waals surface area contributed by atoms with Crippen LogP contribution in [0.1, 0.15) is 10.4 Å². The second-order valence-electron chi connectivity index (χ2n) is 4.05. The van der Waals surface area contributed by atoms with Crippen molar-refractivity contribution in [1.82, 2.24) is 10.2 Å². The highest BCUT2D eigenvalue weighted by Crippen LogP contribution is 2.23. The maximum absolute atomic E-state index is 11.8. The van der Waals surface area contributed by atoms with Gasteiger partial charge in [0.25, 0.3) is 15.0 Å². The van der Waals surface area contributed by atoms with Gasteiger partial charge in [-0.1, -0.05) is 11.6 Å². The Balaban J connectivity index is 2.88. The maximum atomic E-state index is 11.8. The van der Waals surface area contributed by atoms with Crippen LogP contribution in [0.4, 0.5) is 0 Å². The Morgan fingerprint density at radius 3 is 2.35 bits per heavy atom. The number of rotatable bonds is 4. The van der Waals surface area contributed by atoms with Crippen LogP contribution in [-0.4, -0.2) is 45.8 Å². The zero-order chi connectivity index (χ0) is 15.5. The molecule has 20 heavy (non-hydrogen) atoms. The number of nitrogens with one attached hydrogen (secondary N) is 1. The van der Waals surface area contributed by atoms with Crippen molar-refractivity contribution in [2.75, 3.05) is 20.6 Å². The van der Waals surface area contributed by atoms with Crippen LogP contribution in [0.25, 0.3) is 0 Å². The topological polar surface area (TPSA) is 83.6 Å². The van der Waals surface area contributed by atoms with Gasteiger partial charge in [0, 0.05) is 24.8 Å². The van der Waals surface area contributed by atoms with Gasteiger partial charge in [-0.25, -0.2) is 8.42 Å². The fourth-order valence-corrected chi connectivity index (χ4v) is 2.35. The lowest BCUT2D eigenvalue weighted by Crippen LogP contribution is -2.36. The molecule has 0 saturated carbocycles. The monoisotopic (exact) mass is 338 g/mol. The van der Waals surface area contributed by atoms with E-state index < -0.39 is 15.0 Å². The smallest absolute Gasteiger partial charge is 0.261 e. The van der Waals surface area contributed by atoms with Crippen LogP contribution in [0.2, 0.25) is 5.02 Å². The van der Waals surface area contributed by atoms with Gasteiger partial charge >= 0.3 is 0 Å². The molecule has 1 rings (SSSR count). The summed E-state index contributed by atoms with van der Waals surface area (Å²) < 4.78 is 22.2. The van der Waals surface area contributed by atoms with Gasteiger partial charge in [-0.2, -0.15) is 0 Å². The van der Waals surface area contributed by atoms with Crippen LogP contribution in [0.5, 0.6) is 0 Å². The number of amides is 2. The summed E-state index contributed by atoms with van der Waals surface area (Å²) in [6.07, 6.45) is 0. The van der Waals surface area contributed by atoms with E-state index in [2.05, 4.69) is 5.32 Å². The molecule has 0 radical (unpaired) electrons. The first kappa shape index (κ1) is 16.7. The van der Waals surface area contributed by atoms with Crippen LogP contribution in [-0.2, 0) is 13.8 Å². The van der Waals surface area contributed by atoms with E-state index in [-0.39, 0.29) is 27.9 Å². The molecule has 0 aliphatic carbocycles. The summed E-state index contributed by atoms with van der Waals surface area (Å²) in [4.78, 5) is 24.3. The van der Waals surface area contributed by atoms with Gasteiger partial charge in [-0.15, -0.1) is 0 Å². The van der Waals surface area contributed by atoms with Crippen molar-refractivity contribution in [3.8, 4) is 0 Å². The summed E-state index contributed by atoms with van der Waals surface area (Å²) in [6, 6.07) is 3.47. The molecule has 0 atom stereocenters. The zero-order valence-electron chi connectivity index (χ0n) is 10.7. The molecule has 0 aliphatic rings. The van der Waals surface area contributed by atoms with Gasteiger partial charge < -0.3 is 10.2 Å². The molecule has 0 aliphatic heterocycles. The summed E-state index contributed by atoms with van der Waals surface area (Å²) in [5.41, 5.74) is 0.0577. The Kier molecular flexibility index (Phi) is 5.38. The largest absolute Gasteiger partial charge is 0.347 e. The van der Waals surface area contributed by atoms with Crippen molar-refractivity contribution in [3.05, 3.63) is 28.8 Å². The lowest BCUT2D eigenvalue weighted by Gasteiger charge is -2.11. The molecule has 2 amide bonds. The maximum Gasteiger partial charge on any atom is 0.261 e. The van der Waals surface area contributed by atoms with Gasteiger partial charge in [0.2, 0.25) is 5.91 Å². The van der Waals surface area contributed by atoms with Gasteiger partial charge in [-0.05, 0) is 18.2 Å². The second kappa shape index (κ2) is 6.43. The van der Waals surface area contributed by atoms with E-state index in [1.165, 1.54) is 11.0 Å². The molecule has 1 aromatic rings. The minimum Gasteiger partial charge on any atom is -0.347 e. The van der Waals surface area contributed by atoms with Crippen molar-refractivity contribution in [2.45, 2.75) is 4.90 Å². The Bertz CT molecular complexity index is 644. The van der Waals surface area contributed by atoms with Gasteiger partial charge in [0.1, 0.15) is 0 Å². The van der Waals surface area contributed by atoms with Crippen molar-refractivity contribution in [3.63, 3.8) is 0 Å². The molecule has 0 heterocycles. The van der Waals surface area contributed by atoms with Crippen LogP contribution < -0.4 is 5.32 Å². The number of carbonyl (C=O) groups is 2. The lowest BCUT2D eigenvalue weighted by atomic mass is 10.2. The van der Waals surface area contributed by atoms with Crippen molar-refractivity contribution in [2.24, 2.45) is 0 Å². The van der Waals surface area contributed by atoms with Crippen LogP contribution in [0.15, 0.2) is 23.1 Å². The molecule has 0 saturated heterocycles. The molecule has 6 nitrogen and oxygen atoms in total. The number of carbonyl (C=O) groups excluding carboxylic acids is 2. The number of hydrogen-bond acceptors (Lipinski definition) is 4. The molecule has 0 aromatic heterocycles. The summed E-state index contributed by atoms with van der Waals surface area (Å²) in [5, 5.41) is 2.31. The quantitative estimate of drug-likeness (QED) is 0.833. The first-order chi connectivity index (χ1) is 9.12. The molecule has 0 fully saturated rings. The van der Waals surface area contributed by atoms with E-state index in [1.807, 2.05) is 0 Å². The summed E-state index contributed by atoms with van der Waals surface area (Å²) in [6.45, 7) is -0.183. The minimum atomic E-state index is -3.91. The van der Waals surface area contributed by atoms with E-state index in [4.69, 9.17) is 22.3 Å². The highest BCUT2D eigenvalue weighted by Gasteiger charge is 2.16. The fraction of sp³-hybridized carbons (Fsp3) is 0.273. The number of halogens is 2. The van der Waals surface area contributed by atoms with Crippen molar-refractivity contribution >= 4 is 43.1 Å².